The van der Waals surface area contributed by atoms with Gasteiger partial charge in [-0.3, -0.25) is 9.97 Å². The molecule has 0 amide bonds. The topological polar surface area (TPSA) is 51.1 Å². The lowest BCUT2D eigenvalue weighted by Crippen LogP contribution is -2.41. The zero-order valence-electron chi connectivity index (χ0n) is 12.8. The first-order valence-corrected chi connectivity index (χ1v) is 7.92. The molecule has 1 saturated heterocycles. The first kappa shape index (κ1) is 13.9. The van der Waals surface area contributed by atoms with Crippen LogP contribution in [0.5, 0.6) is 5.75 Å². The largest absolute Gasteiger partial charge is 0.487 e. The van der Waals surface area contributed by atoms with Crippen LogP contribution >= 0.6 is 0 Å². The van der Waals surface area contributed by atoms with Crippen LogP contribution in [-0.2, 0) is 0 Å². The molecule has 0 spiro atoms. The number of hydrogen-bond donors (Lipinski definition) is 0. The highest BCUT2D eigenvalue weighted by Crippen LogP contribution is 2.22. The number of anilines is 1. The van der Waals surface area contributed by atoms with Crippen LogP contribution in [0.1, 0.15) is 12.8 Å². The normalized spacial score (nSPS) is 18.1. The summed E-state index contributed by atoms with van der Waals surface area (Å²) in [7, 11) is 0. The molecular formula is C18H18N4O. The van der Waals surface area contributed by atoms with Gasteiger partial charge in [-0.05, 0) is 37.1 Å². The molecule has 1 aliphatic heterocycles. The maximum atomic E-state index is 6.04. The van der Waals surface area contributed by atoms with E-state index in [1.165, 1.54) is 0 Å². The highest BCUT2D eigenvalue weighted by Gasteiger charge is 2.22. The van der Waals surface area contributed by atoms with E-state index < -0.39 is 0 Å². The summed E-state index contributed by atoms with van der Waals surface area (Å²) in [6.07, 6.45) is 7.65. The predicted octanol–water partition coefficient (Wildman–Crippen LogP) is 3.07. The molecular weight excluding hydrogens is 288 g/mol. The number of aromatic nitrogens is 3. The van der Waals surface area contributed by atoms with Crippen molar-refractivity contribution in [2.24, 2.45) is 0 Å². The average Bonchev–Trinajstić information content (AvgIpc) is 2.62. The molecule has 0 N–H and O–H groups in total. The van der Waals surface area contributed by atoms with Gasteiger partial charge in [-0.2, -0.15) is 0 Å². The fourth-order valence-corrected chi connectivity index (χ4v) is 2.95. The van der Waals surface area contributed by atoms with Crippen molar-refractivity contribution in [3.8, 4) is 5.75 Å². The molecule has 1 aliphatic rings. The molecule has 2 aromatic heterocycles. The Hall–Kier alpha value is -2.69. The summed E-state index contributed by atoms with van der Waals surface area (Å²) in [5, 5.41) is 0. The number of pyridine rings is 1. The summed E-state index contributed by atoms with van der Waals surface area (Å²) in [6.45, 7) is 1.81. The molecule has 116 valence electrons. The Bertz CT molecular complexity index is 793. The quantitative estimate of drug-likeness (QED) is 0.744. The molecule has 5 heteroatoms. The van der Waals surface area contributed by atoms with Crippen LogP contribution in [-0.4, -0.2) is 34.1 Å². The number of ether oxygens (including phenoxy) is 1. The van der Waals surface area contributed by atoms with Crippen molar-refractivity contribution in [2.45, 2.75) is 18.9 Å². The minimum atomic E-state index is 0.154. The van der Waals surface area contributed by atoms with Gasteiger partial charge in [0.05, 0.1) is 30.0 Å². The summed E-state index contributed by atoms with van der Waals surface area (Å²) in [4.78, 5) is 15.6. The molecule has 4 rings (SSSR count). The van der Waals surface area contributed by atoms with Crippen LogP contribution in [0.4, 0.5) is 5.82 Å². The van der Waals surface area contributed by atoms with E-state index in [2.05, 4.69) is 14.9 Å². The number of para-hydroxylation sites is 2. The maximum Gasteiger partial charge on any atom is 0.147 e. The molecule has 3 aromatic rings. The van der Waals surface area contributed by atoms with E-state index in [1.54, 1.807) is 12.4 Å². The smallest absolute Gasteiger partial charge is 0.147 e. The van der Waals surface area contributed by atoms with Gasteiger partial charge in [0.1, 0.15) is 17.7 Å². The average molecular weight is 306 g/mol. The molecule has 0 aliphatic carbocycles. The number of benzene rings is 1. The Morgan fingerprint density at radius 3 is 2.83 bits per heavy atom. The van der Waals surface area contributed by atoms with Crippen LogP contribution in [0.15, 0.2) is 55.0 Å². The van der Waals surface area contributed by atoms with Crippen molar-refractivity contribution < 1.29 is 4.74 Å². The third-order valence-electron chi connectivity index (χ3n) is 4.08. The van der Waals surface area contributed by atoms with Gasteiger partial charge in [0.15, 0.2) is 0 Å². The lowest BCUT2D eigenvalue weighted by atomic mass is 10.1. The first-order chi connectivity index (χ1) is 11.4. The van der Waals surface area contributed by atoms with Gasteiger partial charge < -0.3 is 9.64 Å². The highest BCUT2D eigenvalue weighted by atomic mass is 16.5. The van der Waals surface area contributed by atoms with Crippen LogP contribution < -0.4 is 9.64 Å². The molecule has 5 nitrogen and oxygen atoms in total. The van der Waals surface area contributed by atoms with Crippen molar-refractivity contribution in [1.29, 1.82) is 0 Å². The van der Waals surface area contributed by atoms with Crippen molar-refractivity contribution in [3.63, 3.8) is 0 Å². The third-order valence-corrected chi connectivity index (χ3v) is 4.08. The standard InChI is InChI=1S/C18H18N4O/c1-2-8-17-16(7-1)20-12-18(21-17)22-10-4-6-15(13-22)23-14-5-3-9-19-11-14/h1-3,5,7-9,11-12,15H,4,6,10,13H2. The second kappa shape index (κ2) is 6.20. The van der Waals surface area contributed by atoms with E-state index in [1.807, 2.05) is 42.6 Å². The number of hydrogen-bond acceptors (Lipinski definition) is 5. The van der Waals surface area contributed by atoms with E-state index in [-0.39, 0.29) is 6.10 Å². The summed E-state index contributed by atoms with van der Waals surface area (Å²) < 4.78 is 6.04. The minimum absolute atomic E-state index is 0.154. The molecule has 1 atom stereocenters. The molecule has 1 unspecified atom stereocenters. The molecule has 0 radical (unpaired) electrons. The number of piperidine rings is 1. The highest BCUT2D eigenvalue weighted by molar-refractivity contribution is 5.75. The van der Waals surface area contributed by atoms with Gasteiger partial charge in [0, 0.05) is 12.7 Å². The molecule has 0 saturated carbocycles. The number of rotatable bonds is 3. The van der Waals surface area contributed by atoms with Gasteiger partial charge in [-0.1, -0.05) is 12.1 Å². The van der Waals surface area contributed by atoms with E-state index in [9.17, 15) is 0 Å². The number of fused-ring (bicyclic) bond motifs is 1. The van der Waals surface area contributed by atoms with Gasteiger partial charge in [-0.25, -0.2) is 4.98 Å². The van der Waals surface area contributed by atoms with Crippen molar-refractivity contribution in [1.82, 2.24) is 15.0 Å². The Balaban J connectivity index is 1.51. The van der Waals surface area contributed by atoms with Crippen molar-refractivity contribution in [2.75, 3.05) is 18.0 Å². The monoisotopic (exact) mass is 306 g/mol. The van der Waals surface area contributed by atoms with Gasteiger partial charge in [0.25, 0.3) is 0 Å². The second-order valence-electron chi connectivity index (χ2n) is 5.73. The summed E-state index contributed by atoms with van der Waals surface area (Å²) in [5.41, 5.74) is 1.86. The second-order valence-corrected chi connectivity index (χ2v) is 5.73. The molecule has 1 fully saturated rings. The van der Waals surface area contributed by atoms with E-state index in [4.69, 9.17) is 9.72 Å². The lowest BCUT2D eigenvalue weighted by molar-refractivity contribution is 0.178. The van der Waals surface area contributed by atoms with Crippen molar-refractivity contribution in [3.05, 3.63) is 55.0 Å². The van der Waals surface area contributed by atoms with E-state index in [0.29, 0.717) is 0 Å². The van der Waals surface area contributed by atoms with E-state index in [0.717, 1.165) is 48.5 Å². The minimum Gasteiger partial charge on any atom is -0.487 e. The third kappa shape index (κ3) is 3.08. The van der Waals surface area contributed by atoms with Crippen LogP contribution in [0.2, 0.25) is 0 Å². The zero-order chi connectivity index (χ0) is 15.5. The van der Waals surface area contributed by atoms with Gasteiger partial charge in [0.2, 0.25) is 0 Å². The van der Waals surface area contributed by atoms with Crippen molar-refractivity contribution >= 4 is 16.9 Å². The summed E-state index contributed by atoms with van der Waals surface area (Å²) in [6, 6.07) is 11.8. The predicted molar refractivity (Wildman–Crippen MR) is 89.6 cm³/mol. The Labute approximate surface area is 135 Å². The van der Waals surface area contributed by atoms with Crippen LogP contribution in [0.25, 0.3) is 11.0 Å². The zero-order valence-corrected chi connectivity index (χ0v) is 12.8. The molecule has 0 bridgehead atoms. The molecule has 3 heterocycles. The van der Waals surface area contributed by atoms with Crippen LogP contribution in [0, 0.1) is 0 Å². The Morgan fingerprint density at radius 2 is 1.96 bits per heavy atom. The van der Waals surface area contributed by atoms with Crippen LogP contribution in [0.3, 0.4) is 0 Å². The maximum absolute atomic E-state index is 6.04. The summed E-state index contributed by atoms with van der Waals surface area (Å²) >= 11 is 0. The number of nitrogens with zero attached hydrogens (tertiary/aromatic N) is 4. The SMILES string of the molecule is c1cncc(OC2CCCN(c3cnc4ccccc4n3)C2)c1. The molecule has 1 aromatic carbocycles. The van der Waals surface area contributed by atoms with Gasteiger partial charge in [-0.15, -0.1) is 0 Å². The fourth-order valence-electron chi connectivity index (χ4n) is 2.95. The summed E-state index contributed by atoms with van der Waals surface area (Å²) in [5.74, 6) is 1.74. The fraction of sp³-hybridized carbons (Fsp3) is 0.278. The van der Waals surface area contributed by atoms with Gasteiger partial charge >= 0.3 is 0 Å². The Morgan fingerprint density at radius 1 is 1.04 bits per heavy atom. The lowest BCUT2D eigenvalue weighted by Gasteiger charge is -2.33. The van der Waals surface area contributed by atoms with E-state index >= 15 is 0 Å². The Kier molecular flexibility index (Phi) is 3.76. The first-order valence-electron chi connectivity index (χ1n) is 7.92. The molecule has 23 heavy (non-hydrogen) atoms.